The Hall–Kier alpha value is -1.33. The van der Waals surface area contributed by atoms with Gasteiger partial charge >= 0.3 is 0 Å². The summed E-state index contributed by atoms with van der Waals surface area (Å²) in [5.74, 6) is -0.416. The smallest absolute Gasteiger partial charge is 0.258 e. The van der Waals surface area contributed by atoms with E-state index in [0.29, 0.717) is 0 Å². The van der Waals surface area contributed by atoms with Gasteiger partial charge in [-0.05, 0) is 38.0 Å². The summed E-state index contributed by atoms with van der Waals surface area (Å²) in [4.78, 5) is 11.8. The van der Waals surface area contributed by atoms with Gasteiger partial charge in [-0.2, -0.15) is 0 Å². The van der Waals surface area contributed by atoms with Crippen molar-refractivity contribution in [2.45, 2.75) is 31.9 Å². The van der Waals surface area contributed by atoms with E-state index in [4.69, 9.17) is 21.1 Å². The molecule has 2 rings (SSSR count). The van der Waals surface area contributed by atoms with E-state index in [2.05, 4.69) is 5.32 Å². The zero-order valence-corrected chi connectivity index (χ0v) is 12.0. The van der Waals surface area contributed by atoms with E-state index in [9.17, 15) is 9.18 Å². The number of hydrogen-bond donors (Lipinski definition) is 1. The first-order chi connectivity index (χ1) is 9.56. The molecule has 0 spiro atoms. The monoisotopic (exact) mass is 301 g/mol. The molecule has 0 saturated carbocycles. The van der Waals surface area contributed by atoms with Gasteiger partial charge in [0, 0.05) is 6.61 Å². The third kappa shape index (κ3) is 4.08. The third-order valence-corrected chi connectivity index (χ3v) is 3.46. The number of benzene rings is 1. The van der Waals surface area contributed by atoms with Gasteiger partial charge in [-0.15, -0.1) is 0 Å². The highest BCUT2D eigenvalue weighted by atomic mass is 35.5. The predicted octanol–water partition coefficient (Wildman–Crippen LogP) is 2.54. The third-order valence-electron chi connectivity index (χ3n) is 3.16. The van der Waals surface area contributed by atoms with Gasteiger partial charge in [0.15, 0.2) is 6.61 Å². The van der Waals surface area contributed by atoms with Crippen LogP contribution < -0.4 is 10.1 Å². The molecule has 1 aliphatic heterocycles. The Kier molecular flexibility index (Phi) is 5.20. The Morgan fingerprint density at radius 3 is 3.10 bits per heavy atom. The molecule has 1 saturated heterocycles. The Labute approximate surface area is 122 Å². The normalized spacial score (nSPS) is 19.6. The average molecular weight is 302 g/mol. The van der Waals surface area contributed by atoms with Gasteiger partial charge in [-0.25, -0.2) is 4.39 Å². The summed E-state index contributed by atoms with van der Waals surface area (Å²) < 4.78 is 23.6. The molecule has 0 aromatic heterocycles. The maximum atomic E-state index is 12.9. The molecule has 1 aromatic rings. The van der Waals surface area contributed by atoms with E-state index in [0.717, 1.165) is 25.5 Å². The van der Waals surface area contributed by atoms with Crippen LogP contribution in [0.1, 0.15) is 19.8 Å². The number of halogens is 2. The number of rotatable bonds is 5. The molecule has 4 nitrogen and oxygen atoms in total. The Balaban J connectivity index is 1.79. The van der Waals surface area contributed by atoms with Crippen molar-refractivity contribution in [3.05, 3.63) is 29.0 Å². The molecule has 20 heavy (non-hydrogen) atoms. The minimum absolute atomic E-state index is 0.0581. The molecule has 0 unspecified atom stereocenters. The molecular formula is C14H17ClFNO3. The fourth-order valence-corrected chi connectivity index (χ4v) is 2.34. The average Bonchev–Trinajstić information content (AvgIpc) is 2.91. The molecule has 1 heterocycles. The van der Waals surface area contributed by atoms with Crippen LogP contribution in [-0.2, 0) is 9.53 Å². The SMILES string of the molecule is C[C@H](NC(=O)COc1ccc(F)cc1Cl)[C@@H]1CCCO1. The van der Waals surface area contributed by atoms with Crippen LogP contribution in [0.2, 0.25) is 5.02 Å². The number of carbonyl (C=O) groups is 1. The van der Waals surface area contributed by atoms with Crippen LogP contribution in [0.4, 0.5) is 4.39 Å². The van der Waals surface area contributed by atoms with Crippen molar-refractivity contribution in [3.63, 3.8) is 0 Å². The van der Waals surface area contributed by atoms with Gasteiger partial charge in [0.25, 0.3) is 5.91 Å². The van der Waals surface area contributed by atoms with Gasteiger partial charge in [0.1, 0.15) is 11.6 Å². The number of nitrogens with one attached hydrogen (secondary N) is 1. The molecule has 1 N–H and O–H groups in total. The van der Waals surface area contributed by atoms with E-state index < -0.39 is 5.82 Å². The van der Waals surface area contributed by atoms with Gasteiger partial charge in [-0.3, -0.25) is 4.79 Å². The standard InChI is InChI=1S/C14H17ClFNO3/c1-9(12-3-2-6-19-12)17-14(18)8-20-13-5-4-10(16)7-11(13)15/h4-5,7,9,12H,2-3,6,8H2,1H3,(H,17,18)/t9-,12-/m0/s1. The summed E-state index contributed by atoms with van der Waals surface area (Å²) in [6.45, 7) is 2.48. The van der Waals surface area contributed by atoms with Crippen molar-refractivity contribution in [1.82, 2.24) is 5.32 Å². The Bertz CT molecular complexity index is 477. The zero-order chi connectivity index (χ0) is 14.5. The second-order valence-electron chi connectivity index (χ2n) is 4.77. The number of amides is 1. The van der Waals surface area contributed by atoms with Gasteiger partial charge in [0.2, 0.25) is 0 Å². The minimum atomic E-state index is -0.446. The number of hydrogen-bond acceptors (Lipinski definition) is 3. The summed E-state index contributed by atoms with van der Waals surface area (Å²) in [7, 11) is 0. The lowest BCUT2D eigenvalue weighted by atomic mass is 10.1. The van der Waals surface area contributed by atoms with Crippen LogP contribution in [0.25, 0.3) is 0 Å². The molecule has 110 valence electrons. The van der Waals surface area contributed by atoms with Crippen LogP contribution in [0.15, 0.2) is 18.2 Å². The first-order valence-electron chi connectivity index (χ1n) is 6.55. The molecule has 2 atom stereocenters. The van der Waals surface area contributed by atoms with Gasteiger partial charge in [0.05, 0.1) is 17.2 Å². The summed E-state index contributed by atoms with van der Waals surface area (Å²) in [6.07, 6.45) is 2.03. The molecule has 0 aliphatic carbocycles. The maximum absolute atomic E-state index is 12.9. The molecule has 1 aliphatic rings. The topological polar surface area (TPSA) is 47.6 Å². The van der Waals surface area contributed by atoms with E-state index in [1.807, 2.05) is 6.92 Å². The molecule has 6 heteroatoms. The lowest BCUT2D eigenvalue weighted by Gasteiger charge is -2.20. The number of ether oxygens (including phenoxy) is 2. The second-order valence-corrected chi connectivity index (χ2v) is 5.18. The van der Waals surface area contributed by atoms with E-state index in [-0.39, 0.29) is 35.4 Å². The first kappa shape index (κ1) is 15.1. The quantitative estimate of drug-likeness (QED) is 0.909. The van der Waals surface area contributed by atoms with E-state index in [1.54, 1.807) is 0 Å². The van der Waals surface area contributed by atoms with Crippen LogP contribution in [-0.4, -0.2) is 31.3 Å². The largest absolute Gasteiger partial charge is 0.482 e. The fourth-order valence-electron chi connectivity index (χ4n) is 2.12. The minimum Gasteiger partial charge on any atom is -0.482 e. The van der Waals surface area contributed by atoms with Crippen LogP contribution in [0.3, 0.4) is 0 Å². The van der Waals surface area contributed by atoms with E-state index >= 15 is 0 Å². The molecule has 1 fully saturated rings. The lowest BCUT2D eigenvalue weighted by Crippen LogP contribution is -2.42. The van der Waals surface area contributed by atoms with Crippen LogP contribution in [0, 0.1) is 5.82 Å². The molecule has 0 radical (unpaired) electrons. The lowest BCUT2D eigenvalue weighted by molar-refractivity contribution is -0.124. The maximum Gasteiger partial charge on any atom is 0.258 e. The van der Waals surface area contributed by atoms with Crippen molar-refractivity contribution < 1.29 is 18.7 Å². The van der Waals surface area contributed by atoms with Gasteiger partial charge < -0.3 is 14.8 Å². The first-order valence-corrected chi connectivity index (χ1v) is 6.93. The summed E-state index contributed by atoms with van der Waals surface area (Å²) in [5.41, 5.74) is 0. The zero-order valence-electron chi connectivity index (χ0n) is 11.2. The van der Waals surface area contributed by atoms with Crippen LogP contribution >= 0.6 is 11.6 Å². The summed E-state index contributed by atoms with van der Waals surface area (Å²) in [5, 5.41) is 2.96. The van der Waals surface area contributed by atoms with Crippen molar-refractivity contribution >= 4 is 17.5 Å². The predicted molar refractivity (Wildman–Crippen MR) is 73.5 cm³/mol. The summed E-state index contributed by atoms with van der Waals surface area (Å²) in [6, 6.07) is 3.71. The fraction of sp³-hybridized carbons (Fsp3) is 0.500. The Morgan fingerprint density at radius 2 is 2.45 bits per heavy atom. The van der Waals surface area contributed by atoms with E-state index in [1.165, 1.54) is 12.1 Å². The second kappa shape index (κ2) is 6.90. The molecular weight excluding hydrogens is 285 g/mol. The van der Waals surface area contributed by atoms with Crippen molar-refractivity contribution in [2.75, 3.05) is 13.2 Å². The Morgan fingerprint density at radius 1 is 1.65 bits per heavy atom. The van der Waals surface area contributed by atoms with Crippen molar-refractivity contribution in [3.8, 4) is 5.75 Å². The van der Waals surface area contributed by atoms with Crippen molar-refractivity contribution in [1.29, 1.82) is 0 Å². The summed E-state index contributed by atoms with van der Waals surface area (Å²) >= 11 is 5.81. The van der Waals surface area contributed by atoms with Gasteiger partial charge in [-0.1, -0.05) is 11.6 Å². The van der Waals surface area contributed by atoms with Crippen molar-refractivity contribution in [2.24, 2.45) is 0 Å². The highest BCUT2D eigenvalue weighted by Gasteiger charge is 2.23. The molecule has 0 bridgehead atoms. The molecule has 1 amide bonds. The number of carbonyl (C=O) groups excluding carboxylic acids is 1. The molecule has 1 aromatic carbocycles. The highest BCUT2D eigenvalue weighted by molar-refractivity contribution is 6.32. The van der Waals surface area contributed by atoms with Crippen LogP contribution in [0.5, 0.6) is 5.75 Å². The highest BCUT2D eigenvalue weighted by Crippen LogP contribution is 2.24.